The maximum Gasteiger partial charge on any atom is 0.186 e. The number of nitriles is 1. The van der Waals surface area contributed by atoms with E-state index in [1.54, 1.807) is 11.3 Å². The summed E-state index contributed by atoms with van der Waals surface area (Å²) in [6, 6.07) is 2.35. The standard InChI is InChI=1S/C13H18N4S/c14-9-11-12(10-3-1-2-4-10)16-13(18-11)17-7-5-15-6-8-17/h10,15H,1-8H2. The van der Waals surface area contributed by atoms with Crippen LogP contribution in [0.4, 0.5) is 5.13 Å². The zero-order valence-electron chi connectivity index (χ0n) is 10.5. The summed E-state index contributed by atoms with van der Waals surface area (Å²) in [4.78, 5) is 7.93. The number of nitrogens with zero attached hydrogens (tertiary/aromatic N) is 3. The fourth-order valence-corrected chi connectivity index (χ4v) is 3.87. The van der Waals surface area contributed by atoms with Crippen molar-refractivity contribution in [1.82, 2.24) is 10.3 Å². The van der Waals surface area contributed by atoms with Gasteiger partial charge in [0.1, 0.15) is 10.9 Å². The van der Waals surface area contributed by atoms with Gasteiger partial charge >= 0.3 is 0 Å². The molecule has 0 spiro atoms. The number of rotatable bonds is 2. The molecule has 1 saturated carbocycles. The topological polar surface area (TPSA) is 52.0 Å². The minimum Gasteiger partial charge on any atom is -0.346 e. The molecule has 0 unspecified atom stereocenters. The smallest absolute Gasteiger partial charge is 0.186 e. The number of hydrogen-bond acceptors (Lipinski definition) is 5. The molecule has 3 rings (SSSR count). The molecule has 1 N–H and O–H groups in total. The van der Waals surface area contributed by atoms with E-state index in [9.17, 15) is 5.26 Å². The van der Waals surface area contributed by atoms with E-state index < -0.39 is 0 Å². The van der Waals surface area contributed by atoms with E-state index in [1.807, 2.05) is 0 Å². The summed E-state index contributed by atoms with van der Waals surface area (Å²) in [7, 11) is 0. The Morgan fingerprint density at radius 2 is 2.00 bits per heavy atom. The average molecular weight is 262 g/mol. The monoisotopic (exact) mass is 262 g/mol. The number of hydrogen-bond donors (Lipinski definition) is 1. The molecular weight excluding hydrogens is 244 g/mol. The molecule has 1 saturated heterocycles. The Kier molecular flexibility index (Phi) is 3.48. The molecule has 2 heterocycles. The molecule has 0 radical (unpaired) electrons. The van der Waals surface area contributed by atoms with Crippen LogP contribution in [-0.2, 0) is 0 Å². The summed E-state index contributed by atoms with van der Waals surface area (Å²) in [6.07, 6.45) is 4.99. The van der Waals surface area contributed by atoms with Gasteiger partial charge in [-0.15, -0.1) is 0 Å². The SMILES string of the molecule is N#Cc1sc(N2CCNCC2)nc1C1CCCC1. The highest BCUT2D eigenvalue weighted by Crippen LogP contribution is 2.38. The summed E-state index contributed by atoms with van der Waals surface area (Å²) >= 11 is 1.58. The molecule has 18 heavy (non-hydrogen) atoms. The van der Waals surface area contributed by atoms with Crippen molar-refractivity contribution in [3.8, 4) is 6.07 Å². The second-order valence-corrected chi connectivity index (χ2v) is 6.02. The lowest BCUT2D eigenvalue weighted by atomic mass is 10.0. The van der Waals surface area contributed by atoms with Gasteiger partial charge in [-0.2, -0.15) is 5.26 Å². The van der Waals surface area contributed by atoms with Crippen LogP contribution < -0.4 is 10.2 Å². The van der Waals surface area contributed by atoms with Crippen LogP contribution in [0.15, 0.2) is 0 Å². The third-order valence-corrected chi connectivity index (χ3v) is 4.91. The molecule has 1 aliphatic heterocycles. The summed E-state index contributed by atoms with van der Waals surface area (Å²) < 4.78 is 0. The van der Waals surface area contributed by atoms with Crippen LogP contribution in [0.5, 0.6) is 0 Å². The third kappa shape index (κ3) is 2.23. The first-order chi connectivity index (χ1) is 8.88. The largest absolute Gasteiger partial charge is 0.346 e. The van der Waals surface area contributed by atoms with Gasteiger partial charge in [-0.3, -0.25) is 0 Å². The zero-order valence-corrected chi connectivity index (χ0v) is 11.3. The molecule has 2 aliphatic rings. The summed E-state index contributed by atoms with van der Waals surface area (Å²) in [5.41, 5.74) is 1.08. The molecule has 0 bridgehead atoms. The second-order valence-electron chi connectivity index (χ2n) is 5.04. The fourth-order valence-electron chi connectivity index (χ4n) is 2.87. The lowest BCUT2D eigenvalue weighted by Crippen LogP contribution is -2.43. The fraction of sp³-hybridized carbons (Fsp3) is 0.692. The Bertz CT molecular complexity index is 450. The minimum absolute atomic E-state index is 0.535. The Morgan fingerprint density at radius 1 is 1.28 bits per heavy atom. The molecule has 1 aromatic heterocycles. The van der Waals surface area contributed by atoms with Crippen LogP contribution in [0.3, 0.4) is 0 Å². The van der Waals surface area contributed by atoms with E-state index in [2.05, 4.69) is 16.3 Å². The predicted octanol–water partition coefficient (Wildman–Crippen LogP) is 2.08. The number of thiazole rings is 1. The van der Waals surface area contributed by atoms with Gasteiger partial charge in [-0.1, -0.05) is 24.2 Å². The first kappa shape index (κ1) is 11.9. The highest BCUT2D eigenvalue weighted by molar-refractivity contribution is 7.16. The van der Waals surface area contributed by atoms with Gasteiger partial charge < -0.3 is 10.2 Å². The van der Waals surface area contributed by atoms with E-state index >= 15 is 0 Å². The Balaban J connectivity index is 1.85. The third-order valence-electron chi connectivity index (χ3n) is 3.87. The Hall–Kier alpha value is -1.12. The molecule has 2 fully saturated rings. The van der Waals surface area contributed by atoms with Crippen LogP contribution in [0.2, 0.25) is 0 Å². The summed E-state index contributed by atoms with van der Waals surface area (Å²) in [5, 5.41) is 13.7. The normalized spacial score (nSPS) is 21.2. The van der Waals surface area contributed by atoms with Gasteiger partial charge in [-0.05, 0) is 12.8 Å². The minimum atomic E-state index is 0.535. The van der Waals surface area contributed by atoms with E-state index in [4.69, 9.17) is 4.98 Å². The molecular formula is C13H18N4S. The van der Waals surface area contributed by atoms with Crippen LogP contribution in [0.25, 0.3) is 0 Å². The molecule has 96 valence electrons. The first-order valence-electron chi connectivity index (χ1n) is 6.75. The lowest BCUT2D eigenvalue weighted by Gasteiger charge is -2.26. The second kappa shape index (κ2) is 5.25. The van der Waals surface area contributed by atoms with Crippen LogP contribution in [0, 0.1) is 11.3 Å². The van der Waals surface area contributed by atoms with Gasteiger partial charge in [0.05, 0.1) is 5.69 Å². The summed E-state index contributed by atoms with van der Waals surface area (Å²) in [6.45, 7) is 4.03. The molecule has 0 atom stereocenters. The Morgan fingerprint density at radius 3 is 2.67 bits per heavy atom. The van der Waals surface area contributed by atoms with E-state index in [-0.39, 0.29) is 0 Å². The van der Waals surface area contributed by atoms with E-state index in [1.165, 1.54) is 25.7 Å². The van der Waals surface area contributed by atoms with Crippen LogP contribution in [0.1, 0.15) is 42.2 Å². The van der Waals surface area contributed by atoms with Crippen molar-refractivity contribution < 1.29 is 0 Å². The van der Waals surface area contributed by atoms with Crippen molar-refractivity contribution in [3.05, 3.63) is 10.6 Å². The van der Waals surface area contributed by atoms with Crippen LogP contribution in [-0.4, -0.2) is 31.2 Å². The zero-order chi connectivity index (χ0) is 12.4. The van der Waals surface area contributed by atoms with Gasteiger partial charge in [0, 0.05) is 32.1 Å². The number of aromatic nitrogens is 1. The van der Waals surface area contributed by atoms with Gasteiger partial charge in [-0.25, -0.2) is 4.98 Å². The van der Waals surface area contributed by atoms with E-state index in [0.717, 1.165) is 41.9 Å². The van der Waals surface area contributed by atoms with E-state index in [0.29, 0.717) is 5.92 Å². The highest BCUT2D eigenvalue weighted by Gasteiger charge is 2.25. The number of piperazine rings is 1. The maximum atomic E-state index is 9.28. The number of nitrogens with one attached hydrogen (secondary N) is 1. The van der Waals surface area contributed by atoms with Gasteiger partial charge in [0.2, 0.25) is 0 Å². The maximum absolute atomic E-state index is 9.28. The highest BCUT2D eigenvalue weighted by atomic mass is 32.1. The summed E-state index contributed by atoms with van der Waals surface area (Å²) in [5.74, 6) is 0.535. The molecule has 0 aromatic carbocycles. The molecule has 0 amide bonds. The predicted molar refractivity (Wildman–Crippen MR) is 73.1 cm³/mol. The first-order valence-corrected chi connectivity index (χ1v) is 7.56. The van der Waals surface area contributed by atoms with Crippen molar-refractivity contribution in [2.24, 2.45) is 0 Å². The lowest BCUT2D eigenvalue weighted by molar-refractivity contribution is 0.586. The van der Waals surface area contributed by atoms with Crippen LogP contribution >= 0.6 is 11.3 Å². The van der Waals surface area contributed by atoms with Crippen molar-refractivity contribution in [3.63, 3.8) is 0 Å². The molecule has 1 aliphatic carbocycles. The molecule has 1 aromatic rings. The van der Waals surface area contributed by atoms with Crippen molar-refractivity contribution >= 4 is 16.5 Å². The van der Waals surface area contributed by atoms with Gasteiger partial charge in [0.15, 0.2) is 5.13 Å². The van der Waals surface area contributed by atoms with Crippen molar-refractivity contribution in [2.45, 2.75) is 31.6 Å². The Labute approximate surface area is 112 Å². The van der Waals surface area contributed by atoms with Crippen molar-refractivity contribution in [2.75, 3.05) is 31.1 Å². The number of anilines is 1. The average Bonchev–Trinajstić information content (AvgIpc) is 3.08. The van der Waals surface area contributed by atoms with Gasteiger partial charge in [0.25, 0.3) is 0 Å². The quantitative estimate of drug-likeness (QED) is 0.886. The molecule has 5 heteroatoms. The van der Waals surface area contributed by atoms with Crippen molar-refractivity contribution in [1.29, 1.82) is 5.26 Å². The molecule has 4 nitrogen and oxygen atoms in total.